The number of hydrogen-bond donors (Lipinski definition) is 3. The molecule has 11 heteroatoms. The molecule has 3 aromatic rings. The number of halogens is 3. The van der Waals surface area contributed by atoms with E-state index in [1.54, 1.807) is 18.2 Å². The summed E-state index contributed by atoms with van der Waals surface area (Å²) in [7, 11) is 0. The Morgan fingerprint density at radius 1 is 0.966 bits per heavy atom. The highest BCUT2D eigenvalue weighted by Crippen LogP contribution is 2.44. The molecule has 1 amide bonds. The van der Waals surface area contributed by atoms with E-state index in [0.29, 0.717) is 17.1 Å². The minimum Gasteiger partial charge on any atom is -0.351 e. The summed E-state index contributed by atoms with van der Waals surface area (Å²) in [6.45, 7) is 0. The number of carbonyl (C=O) groups is 2. The second-order valence-corrected chi connectivity index (χ2v) is 6.39. The Balaban J connectivity index is 1.64. The number of nitrogens with zero attached hydrogens (tertiary/aromatic N) is 3. The van der Waals surface area contributed by atoms with Gasteiger partial charge < -0.3 is 10.6 Å². The summed E-state index contributed by atoms with van der Waals surface area (Å²) in [6, 6.07) is 8.26. The normalized spacial score (nSPS) is 17.8. The summed E-state index contributed by atoms with van der Waals surface area (Å²) in [4.78, 5) is 25.4. The van der Waals surface area contributed by atoms with E-state index in [1.165, 1.54) is 12.1 Å². The van der Waals surface area contributed by atoms with E-state index >= 15 is 0 Å². The second-order valence-electron chi connectivity index (χ2n) is 6.39. The monoisotopic (exact) mass is 398 g/mol. The number of aromatic amines is 1. The smallest absolute Gasteiger partial charge is 0.351 e. The van der Waals surface area contributed by atoms with Crippen LogP contribution in [0.15, 0.2) is 42.1 Å². The number of tetrazole rings is 1. The summed E-state index contributed by atoms with van der Waals surface area (Å²) in [5.74, 6) is -0.940. The predicted molar refractivity (Wildman–Crippen MR) is 94.6 cm³/mol. The van der Waals surface area contributed by atoms with E-state index in [1.807, 2.05) is 0 Å². The van der Waals surface area contributed by atoms with E-state index in [-0.39, 0.29) is 28.1 Å². The van der Waals surface area contributed by atoms with Crippen molar-refractivity contribution >= 4 is 28.6 Å². The zero-order chi connectivity index (χ0) is 20.3. The van der Waals surface area contributed by atoms with Gasteiger partial charge in [-0.3, -0.25) is 9.59 Å². The van der Waals surface area contributed by atoms with Gasteiger partial charge in [0.2, 0.25) is 5.78 Å². The number of allylic oxidation sites excluding steroid dienone is 1. The lowest BCUT2D eigenvalue weighted by Crippen LogP contribution is -2.12. The second kappa shape index (κ2) is 5.74. The molecule has 0 atom stereocenters. The lowest BCUT2D eigenvalue weighted by Gasteiger charge is -2.11. The standard InChI is InChI=1S/C18H9F3N6O2/c19-18(20,21)10-3-1-2-8-12(17(29)23-13(8)10)14-15(28)9-6-7(4-5-11(9)22-14)16-24-26-27-25-16/h1-6,22H,(H,23,29)(H,24,25,26,27)/b14-12-. The maximum Gasteiger partial charge on any atom is 0.418 e. The maximum absolute atomic E-state index is 13.3. The number of aromatic nitrogens is 4. The van der Waals surface area contributed by atoms with E-state index in [2.05, 4.69) is 31.3 Å². The lowest BCUT2D eigenvalue weighted by molar-refractivity contribution is -0.136. The molecule has 3 heterocycles. The molecule has 8 nitrogen and oxygen atoms in total. The first-order chi connectivity index (χ1) is 13.8. The van der Waals surface area contributed by atoms with Gasteiger partial charge in [-0.15, -0.1) is 5.10 Å². The van der Waals surface area contributed by atoms with Crippen molar-refractivity contribution in [1.82, 2.24) is 20.6 Å². The molecule has 0 aliphatic carbocycles. The van der Waals surface area contributed by atoms with Crippen LogP contribution in [0.3, 0.4) is 0 Å². The van der Waals surface area contributed by atoms with Gasteiger partial charge in [0.05, 0.1) is 16.8 Å². The molecule has 0 radical (unpaired) electrons. The Labute approximate surface area is 159 Å². The number of para-hydroxylation sites is 1. The number of nitrogens with one attached hydrogen (secondary N) is 3. The van der Waals surface area contributed by atoms with Gasteiger partial charge in [0.25, 0.3) is 5.91 Å². The molecule has 29 heavy (non-hydrogen) atoms. The summed E-state index contributed by atoms with van der Waals surface area (Å²) in [6.07, 6.45) is -4.64. The van der Waals surface area contributed by atoms with Crippen molar-refractivity contribution in [2.45, 2.75) is 6.18 Å². The third-order valence-corrected chi connectivity index (χ3v) is 4.72. The molecule has 2 aromatic carbocycles. The fourth-order valence-corrected chi connectivity index (χ4v) is 3.45. The molecule has 0 fully saturated rings. The van der Waals surface area contributed by atoms with Crippen molar-refractivity contribution in [2.24, 2.45) is 0 Å². The van der Waals surface area contributed by atoms with Crippen LogP contribution in [0, 0.1) is 0 Å². The molecule has 0 bridgehead atoms. The molecule has 0 saturated carbocycles. The Morgan fingerprint density at radius 3 is 2.52 bits per heavy atom. The molecular formula is C18H9F3N6O2. The van der Waals surface area contributed by atoms with Crippen LogP contribution >= 0.6 is 0 Å². The van der Waals surface area contributed by atoms with Crippen LogP contribution < -0.4 is 10.6 Å². The van der Waals surface area contributed by atoms with Crippen molar-refractivity contribution in [2.75, 3.05) is 10.6 Å². The van der Waals surface area contributed by atoms with Gasteiger partial charge in [-0.1, -0.05) is 12.1 Å². The molecule has 144 valence electrons. The van der Waals surface area contributed by atoms with E-state index in [4.69, 9.17) is 0 Å². The molecule has 0 spiro atoms. The summed E-state index contributed by atoms with van der Waals surface area (Å²) < 4.78 is 39.8. The molecule has 0 unspecified atom stereocenters. The molecule has 5 rings (SSSR count). The van der Waals surface area contributed by atoms with Crippen LogP contribution in [-0.2, 0) is 11.0 Å². The van der Waals surface area contributed by atoms with Gasteiger partial charge >= 0.3 is 6.18 Å². The highest BCUT2D eigenvalue weighted by atomic mass is 19.4. The summed E-state index contributed by atoms with van der Waals surface area (Å²) in [5, 5.41) is 18.4. The van der Waals surface area contributed by atoms with Crippen molar-refractivity contribution in [3.05, 3.63) is 58.8 Å². The largest absolute Gasteiger partial charge is 0.418 e. The quantitative estimate of drug-likeness (QED) is 0.544. The number of amides is 1. The van der Waals surface area contributed by atoms with Crippen molar-refractivity contribution in [3.63, 3.8) is 0 Å². The van der Waals surface area contributed by atoms with Crippen molar-refractivity contribution < 1.29 is 22.8 Å². The zero-order valence-corrected chi connectivity index (χ0v) is 14.3. The van der Waals surface area contributed by atoms with E-state index < -0.39 is 23.4 Å². The van der Waals surface area contributed by atoms with E-state index in [9.17, 15) is 22.8 Å². The number of anilines is 2. The zero-order valence-electron chi connectivity index (χ0n) is 14.3. The Hall–Kier alpha value is -4.02. The number of fused-ring (bicyclic) bond motifs is 2. The van der Waals surface area contributed by atoms with Crippen molar-refractivity contribution in [1.29, 1.82) is 0 Å². The van der Waals surface area contributed by atoms with Crippen LogP contribution in [0.4, 0.5) is 24.5 Å². The Morgan fingerprint density at radius 2 is 1.79 bits per heavy atom. The number of Topliss-reactive ketones (excluding diaryl/α,β-unsaturated/α-hetero) is 1. The van der Waals surface area contributed by atoms with Gasteiger partial charge in [0.15, 0.2) is 5.82 Å². The van der Waals surface area contributed by atoms with Crippen LogP contribution in [0.1, 0.15) is 21.5 Å². The molecule has 2 aliphatic heterocycles. The lowest BCUT2D eigenvalue weighted by atomic mass is 9.99. The fourth-order valence-electron chi connectivity index (χ4n) is 3.45. The Kier molecular flexibility index (Phi) is 3.38. The minimum absolute atomic E-state index is 0.0214. The third kappa shape index (κ3) is 2.51. The highest BCUT2D eigenvalue weighted by molar-refractivity contribution is 6.39. The number of alkyl halides is 3. The van der Waals surface area contributed by atoms with Crippen molar-refractivity contribution in [3.8, 4) is 11.4 Å². The number of H-pyrrole nitrogens is 1. The van der Waals surface area contributed by atoms with Crippen LogP contribution in [0.2, 0.25) is 0 Å². The first kappa shape index (κ1) is 17.1. The van der Waals surface area contributed by atoms with Gasteiger partial charge in [-0.05, 0) is 34.7 Å². The maximum atomic E-state index is 13.3. The third-order valence-electron chi connectivity index (χ3n) is 4.72. The number of carbonyl (C=O) groups excluding carboxylic acids is 2. The molecule has 3 N–H and O–H groups in total. The number of benzene rings is 2. The van der Waals surface area contributed by atoms with Gasteiger partial charge in [0.1, 0.15) is 5.70 Å². The van der Waals surface area contributed by atoms with Gasteiger partial charge in [-0.2, -0.15) is 13.2 Å². The predicted octanol–water partition coefficient (Wildman–Crippen LogP) is 2.86. The molecule has 2 aliphatic rings. The average Bonchev–Trinajstić information content (AvgIpc) is 3.38. The average molecular weight is 398 g/mol. The molecular weight excluding hydrogens is 389 g/mol. The molecule has 1 aromatic heterocycles. The molecule has 0 saturated heterocycles. The number of ketones is 1. The topological polar surface area (TPSA) is 113 Å². The number of hydrogen-bond acceptors (Lipinski definition) is 6. The number of rotatable bonds is 1. The first-order valence-electron chi connectivity index (χ1n) is 8.30. The first-order valence-corrected chi connectivity index (χ1v) is 8.30. The van der Waals surface area contributed by atoms with Crippen LogP contribution in [-0.4, -0.2) is 32.3 Å². The SMILES string of the molecule is O=C1Nc2c(cccc2C(F)(F)F)/C1=C1/Nc2ccc(-c3nnn[nH]3)cc2C1=O. The van der Waals surface area contributed by atoms with Crippen LogP contribution in [0.25, 0.3) is 17.0 Å². The summed E-state index contributed by atoms with van der Waals surface area (Å²) in [5.41, 5.74) is -0.275. The highest BCUT2D eigenvalue weighted by Gasteiger charge is 2.41. The van der Waals surface area contributed by atoms with E-state index in [0.717, 1.165) is 6.07 Å². The summed E-state index contributed by atoms with van der Waals surface area (Å²) >= 11 is 0. The van der Waals surface area contributed by atoms with Gasteiger partial charge in [0, 0.05) is 22.4 Å². The Bertz CT molecular complexity index is 1230. The van der Waals surface area contributed by atoms with Gasteiger partial charge in [-0.25, -0.2) is 5.10 Å². The van der Waals surface area contributed by atoms with Crippen LogP contribution in [0.5, 0.6) is 0 Å². The minimum atomic E-state index is -4.64. The fraction of sp³-hybridized carbons (Fsp3) is 0.0556.